The molecular weight excluding hydrogens is 312 g/mol. The van der Waals surface area contributed by atoms with Crippen molar-refractivity contribution in [2.24, 2.45) is 0 Å². The number of hydrogen-bond acceptors (Lipinski definition) is 3. The Morgan fingerprint density at radius 3 is 3.06 bits per heavy atom. The third kappa shape index (κ3) is 3.45. The molecular formula is C10H14BrClN2OS. The molecule has 1 atom stereocenters. The van der Waals surface area contributed by atoms with Crippen LogP contribution in [0, 0.1) is 0 Å². The van der Waals surface area contributed by atoms with E-state index in [2.05, 4.69) is 26.6 Å². The van der Waals surface area contributed by atoms with Crippen molar-refractivity contribution in [2.45, 2.75) is 25.4 Å². The van der Waals surface area contributed by atoms with Gasteiger partial charge in [0.15, 0.2) is 0 Å². The standard InChI is InChI=1S/C10H13BrN2OS.ClH/c11-7-3-5-15-9(7)6-13-10(14)8-2-1-4-12-8;/h3,5,8,12H,1-2,4,6H2,(H,13,14);1H. The lowest BCUT2D eigenvalue weighted by molar-refractivity contribution is -0.122. The van der Waals surface area contributed by atoms with E-state index < -0.39 is 0 Å². The van der Waals surface area contributed by atoms with Gasteiger partial charge in [-0.15, -0.1) is 23.7 Å². The van der Waals surface area contributed by atoms with E-state index in [1.54, 1.807) is 11.3 Å². The highest BCUT2D eigenvalue weighted by Gasteiger charge is 2.21. The van der Waals surface area contributed by atoms with Crippen LogP contribution in [0.5, 0.6) is 0 Å². The largest absolute Gasteiger partial charge is 0.350 e. The fourth-order valence-electron chi connectivity index (χ4n) is 1.65. The normalized spacial score (nSPS) is 19.2. The van der Waals surface area contributed by atoms with Gasteiger partial charge in [-0.3, -0.25) is 4.79 Å². The number of carbonyl (C=O) groups excluding carboxylic acids is 1. The predicted molar refractivity (Wildman–Crippen MR) is 72.1 cm³/mol. The first-order chi connectivity index (χ1) is 7.27. The molecule has 1 amide bonds. The molecule has 1 aromatic heterocycles. The first-order valence-corrected chi connectivity index (χ1v) is 6.67. The van der Waals surface area contributed by atoms with Gasteiger partial charge >= 0.3 is 0 Å². The zero-order valence-electron chi connectivity index (χ0n) is 8.66. The summed E-state index contributed by atoms with van der Waals surface area (Å²) >= 11 is 5.10. The van der Waals surface area contributed by atoms with Crippen molar-refractivity contribution in [3.63, 3.8) is 0 Å². The quantitative estimate of drug-likeness (QED) is 0.895. The average Bonchev–Trinajstić information content (AvgIpc) is 2.85. The lowest BCUT2D eigenvalue weighted by atomic mass is 10.2. The van der Waals surface area contributed by atoms with Crippen LogP contribution in [0.25, 0.3) is 0 Å². The summed E-state index contributed by atoms with van der Waals surface area (Å²) in [6, 6.07) is 2.02. The van der Waals surface area contributed by atoms with Gasteiger partial charge in [0.05, 0.1) is 12.6 Å². The zero-order chi connectivity index (χ0) is 10.7. The Morgan fingerprint density at radius 1 is 1.69 bits per heavy atom. The maximum Gasteiger partial charge on any atom is 0.237 e. The van der Waals surface area contributed by atoms with Gasteiger partial charge in [-0.25, -0.2) is 0 Å². The molecule has 1 unspecified atom stereocenters. The molecule has 1 aromatic rings. The summed E-state index contributed by atoms with van der Waals surface area (Å²) in [5.41, 5.74) is 0. The smallest absolute Gasteiger partial charge is 0.237 e. The summed E-state index contributed by atoms with van der Waals surface area (Å²) in [5, 5.41) is 8.14. The van der Waals surface area contributed by atoms with Gasteiger partial charge in [-0.1, -0.05) is 0 Å². The SMILES string of the molecule is Cl.O=C(NCc1sccc1Br)C1CCCN1. The second kappa shape index (κ2) is 6.59. The van der Waals surface area contributed by atoms with Gasteiger partial charge in [0.2, 0.25) is 5.91 Å². The molecule has 0 aliphatic carbocycles. The molecule has 0 aromatic carbocycles. The van der Waals surface area contributed by atoms with Crippen LogP contribution in [0.2, 0.25) is 0 Å². The van der Waals surface area contributed by atoms with Crippen molar-refractivity contribution in [1.29, 1.82) is 0 Å². The fraction of sp³-hybridized carbons (Fsp3) is 0.500. The van der Waals surface area contributed by atoms with Crippen molar-refractivity contribution in [3.8, 4) is 0 Å². The molecule has 0 spiro atoms. The zero-order valence-corrected chi connectivity index (χ0v) is 11.9. The molecule has 16 heavy (non-hydrogen) atoms. The number of halogens is 2. The number of nitrogens with one attached hydrogen (secondary N) is 2. The van der Waals surface area contributed by atoms with E-state index >= 15 is 0 Å². The summed E-state index contributed by atoms with van der Waals surface area (Å²) < 4.78 is 1.08. The van der Waals surface area contributed by atoms with Crippen LogP contribution in [-0.4, -0.2) is 18.5 Å². The van der Waals surface area contributed by atoms with E-state index in [1.165, 1.54) is 4.88 Å². The van der Waals surface area contributed by atoms with Crippen LogP contribution in [0.4, 0.5) is 0 Å². The van der Waals surface area contributed by atoms with E-state index in [0.29, 0.717) is 6.54 Å². The second-order valence-electron chi connectivity index (χ2n) is 3.56. The number of thiophene rings is 1. The minimum atomic E-state index is 0. The number of carbonyl (C=O) groups is 1. The molecule has 2 heterocycles. The molecule has 3 nitrogen and oxygen atoms in total. The number of rotatable bonds is 3. The van der Waals surface area contributed by atoms with Gasteiger partial charge in [-0.05, 0) is 46.8 Å². The molecule has 0 radical (unpaired) electrons. The Labute approximate surface area is 114 Å². The average molecular weight is 326 g/mol. The van der Waals surface area contributed by atoms with Gasteiger partial charge < -0.3 is 10.6 Å². The maximum atomic E-state index is 11.7. The highest BCUT2D eigenvalue weighted by molar-refractivity contribution is 9.10. The Balaban J connectivity index is 0.00000128. The highest BCUT2D eigenvalue weighted by atomic mass is 79.9. The molecule has 1 saturated heterocycles. The Morgan fingerprint density at radius 2 is 2.50 bits per heavy atom. The fourth-order valence-corrected chi connectivity index (χ4v) is 3.08. The van der Waals surface area contributed by atoms with Gasteiger partial charge in [-0.2, -0.15) is 0 Å². The van der Waals surface area contributed by atoms with Gasteiger partial charge in [0.25, 0.3) is 0 Å². The molecule has 90 valence electrons. The van der Waals surface area contributed by atoms with Crippen LogP contribution in [0.3, 0.4) is 0 Å². The van der Waals surface area contributed by atoms with Crippen molar-refractivity contribution in [3.05, 3.63) is 20.8 Å². The molecule has 1 aliphatic rings. The van der Waals surface area contributed by atoms with Crippen LogP contribution < -0.4 is 10.6 Å². The van der Waals surface area contributed by atoms with E-state index in [0.717, 1.165) is 23.9 Å². The third-order valence-electron chi connectivity index (χ3n) is 2.49. The molecule has 2 N–H and O–H groups in total. The monoisotopic (exact) mass is 324 g/mol. The molecule has 0 bridgehead atoms. The second-order valence-corrected chi connectivity index (χ2v) is 5.41. The number of hydrogen-bond donors (Lipinski definition) is 2. The lowest BCUT2D eigenvalue weighted by Crippen LogP contribution is -2.39. The van der Waals surface area contributed by atoms with E-state index in [-0.39, 0.29) is 24.4 Å². The summed E-state index contributed by atoms with van der Waals surface area (Å²) in [6.45, 7) is 1.58. The molecule has 1 fully saturated rings. The van der Waals surface area contributed by atoms with Crippen LogP contribution in [-0.2, 0) is 11.3 Å². The summed E-state index contributed by atoms with van der Waals surface area (Å²) in [6.07, 6.45) is 2.05. The Kier molecular flexibility index (Phi) is 5.75. The van der Waals surface area contributed by atoms with E-state index in [9.17, 15) is 4.79 Å². The van der Waals surface area contributed by atoms with Gasteiger partial charge in [0, 0.05) is 9.35 Å². The Hall–Kier alpha value is -0.100. The predicted octanol–water partition coefficient (Wildman–Crippen LogP) is 2.30. The topological polar surface area (TPSA) is 41.1 Å². The maximum absolute atomic E-state index is 11.7. The summed E-state index contributed by atoms with van der Waals surface area (Å²) in [7, 11) is 0. The minimum Gasteiger partial charge on any atom is -0.350 e. The summed E-state index contributed by atoms with van der Waals surface area (Å²) in [5.74, 6) is 0.118. The number of amides is 1. The summed E-state index contributed by atoms with van der Waals surface area (Å²) in [4.78, 5) is 12.8. The lowest BCUT2D eigenvalue weighted by Gasteiger charge is -2.10. The van der Waals surface area contributed by atoms with Crippen molar-refractivity contribution in [2.75, 3.05) is 6.54 Å². The minimum absolute atomic E-state index is 0. The third-order valence-corrected chi connectivity index (χ3v) is 4.42. The molecule has 1 aliphatic heterocycles. The first kappa shape index (κ1) is 14.0. The van der Waals surface area contributed by atoms with Crippen LogP contribution >= 0.6 is 39.7 Å². The van der Waals surface area contributed by atoms with Crippen molar-refractivity contribution < 1.29 is 4.79 Å². The molecule has 0 saturated carbocycles. The van der Waals surface area contributed by atoms with Crippen LogP contribution in [0.15, 0.2) is 15.9 Å². The van der Waals surface area contributed by atoms with Crippen molar-refractivity contribution in [1.82, 2.24) is 10.6 Å². The van der Waals surface area contributed by atoms with E-state index in [1.807, 2.05) is 11.4 Å². The first-order valence-electron chi connectivity index (χ1n) is 5.00. The van der Waals surface area contributed by atoms with Crippen molar-refractivity contribution >= 4 is 45.6 Å². The van der Waals surface area contributed by atoms with Gasteiger partial charge in [0.1, 0.15) is 0 Å². The van der Waals surface area contributed by atoms with E-state index in [4.69, 9.17) is 0 Å². The molecule has 6 heteroatoms. The Bertz CT molecular complexity index is 352. The highest BCUT2D eigenvalue weighted by Crippen LogP contribution is 2.22. The molecule has 2 rings (SSSR count). The van der Waals surface area contributed by atoms with Crippen LogP contribution in [0.1, 0.15) is 17.7 Å².